The monoisotopic (exact) mass is 320 g/mol. The molecule has 0 fully saturated rings. The highest BCUT2D eigenvalue weighted by Crippen LogP contribution is 2.28. The number of amides is 1. The van der Waals surface area contributed by atoms with E-state index in [1.165, 1.54) is 6.08 Å². The highest BCUT2D eigenvalue weighted by atomic mass is 35.5. The van der Waals surface area contributed by atoms with Crippen LogP contribution in [-0.2, 0) is 14.3 Å². The van der Waals surface area contributed by atoms with Crippen LogP contribution in [0.2, 0.25) is 0 Å². The van der Waals surface area contributed by atoms with Gasteiger partial charge in [0.05, 0.1) is 6.61 Å². The van der Waals surface area contributed by atoms with Crippen LogP contribution >= 0.6 is 11.6 Å². The average molecular weight is 321 g/mol. The van der Waals surface area contributed by atoms with Crippen molar-refractivity contribution in [1.82, 2.24) is 10.2 Å². The maximum absolute atomic E-state index is 11.7. The maximum atomic E-state index is 11.7. The van der Waals surface area contributed by atoms with E-state index in [1.807, 2.05) is 30.3 Å². The molecule has 1 heterocycles. The van der Waals surface area contributed by atoms with Crippen LogP contribution in [-0.4, -0.2) is 29.3 Å². The summed E-state index contributed by atoms with van der Waals surface area (Å²) < 4.78 is 4.85. The maximum Gasteiger partial charge on any atom is 0.332 e. The molecule has 116 valence electrons. The smallest absolute Gasteiger partial charge is 0.332 e. The molecule has 0 aromatic heterocycles. The molecule has 6 heteroatoms. The van der Waals surface area contributed by atoms with Gasteiger partial charge in [0, 0.05) is 24.0 Å². The first kappa shape index (κ1) is 16.1. The second kappa shape index (κ2) is 7.66. The van der Waals surface area contributed by atoms with Crippen LogP contribution in [0.5, 0.6) is 0 Å². The fourth-order valence-corrected chi connectivity index (χ4v) is 2.22. The van der Waals surface area contributed by atoms with E-state index in [1.54, 1.807) is 24.2 Å². The zero-order valence-corrected chi connectivity index (χ0v) is 12.9. The largest absolute Gasteiger partial charge is 0.463 e. The van der Waals surface area contributed by atoms with E-state index >= 15 is 0 Å². The molecule has 22 heavy (non-hydrogen) atoms. The van der Waals surface area contributed by atoms with E-state index in [0.717, 1.165) is 11.1 Å². The lowest BCUT2D eigenvalue weighted by molar-refractivity contribution is -0.137. The Bertz CT molecular complexity index is 613. The Kier molecular flexibility index (Phi) is 5.61. The molecule has 1 N–H and O–H groups in total. The number of fused-ring (bicyclic) bond motifs is 1. The summed E-state index contributed by atoms with van der Waals surface area (Å²) in [7, 11) is 0. The first-order valence-electron chi connectivity index (χ1n) is 6.90. The number of alkyl halides is 1. The standard InChI is InChI=1S/C16H17ClN2O3/c1-2-22-15(21)8-10-19-9-7-12-5-3-4-6-13(12)16(19)18-14(20)11-17/h3-10,16H,2,11H2,1H3,(H,18,20)/b10-8-. The van der Waals surface area contributed by atoms with Gasteiger partial charge in [-0.05, 0) is 18.6 Å². The van der Waals surface area contributed by atoms with Crippen LogP contribution in [0.1, 0.15) is 24.2 Å². The van der Waals surface area contributed by atoms with Crippen molar-refractivity contribution in [3.8, 4) is 0 Å². The molecule has 1 aliphatic heterocycles. The molecule has 0 saturated heterocycles. The molecule has 2 rings (SSSR count). The minimum atomic E-state index is -0.433. The molecule has 1 amide bonds. The van der Waals surface area contributed by atoms with E-state index < -0.39 is 12.1 Å². The van der Waals surface area contributed by atoms with Crippen molar-refractivity contribution in [3.05, 3.63) is 53.9 Å². The normalized spacial score (nSPS) is 16.5. The topological polar surface area (TPSA) is 58.6 Å². The van der Waals surface area contributed by atoms with Gasteiger partial charge in [0.2, 0.25) is 5.91 Å². The average Bonchev–Trinajstić information content (AvgIpc) is 2.54. The number of nitrogens with one attached hydrogen (secondary N) is 1. The summed E-state index contributed by atoms with van der Waals surface area (Å²) in [5.41, 5.74) is 1.93. The number of benzene rings is 1. The van der Waals surface area contributed by atoms with Gasteiger partial charge in [0.15, 0.2) is 0 Å². The molecule has 0 spiro atoms. The summed E-state index contributed by atoms with van der Waals surface area (Å²) in [4.78, 5) is 24.8. The summed E-state index contributed by atoms with van der Waals surface area (Å²) in [6, 6.07) is 7.69. The number of esters is 1. The summed E-state index contributed by atoms with van der Waals surface area (Å²) in [6.45, 7) is 2.06. The minimum Gasteiger partial charge on any atom is -0.463 e. The fourth-order valence-electron chi connectivity index (χ4n) is 2.14. The second-order valence-electron chi connectivity index (χ2n) is 4.56. The molecule has 1 aliphatic rings. The van der Waals surface area contributed by atoms with Crippen LogP contribution in [0.25, 0.3) is 6.08 Å². The molecular weight excluding hydrogens is 304 g/mol. The van der Waals surface area contributed by atoms with Gasteiger partial charge in [0.1, 0.15) is 12.0 Å². The third kappa shape index (κ3) is 3.89. The summed E-state index contributed by atoms with van der Waals surface area (Å²) in [6.07, 6.45) is 6.18. The summed E-state index contributed by atoms with van der Waals surface area (Å²) in [5, 5.41) is 2.83. The Morgan fingerprint density at radius 2 is 2.18 bits per heavy atom. The van der Waals surface area contributed by atoms with E-state index in [-0.39, 0.29) is 11.8 Å². The van der Waals surface area contributed by atoms with Gasteiger partial charge in [-0.25, -0.2) is 4.79 Å². The number of rotatable bonds is 5. The van der Waals surface area contributed by atoms with Crippen LogP contribution in [0.4, 0.5) is 0 Å². The Morgan fingerprint density at radius 1 is 1.41 bits per heavy atom. The molecule has 1 aromatic rings. The Labute approximate surface area is 134 Å². The van der Waals surface area contributed by atoms with Crippen LogP contribution in [0, 0.1) is 0 Å². The predicted molar refractivity (Wildman–Crippen MR) is 84.7 cm³/mol. The molecule has 0 radical (unpaired) electrons. The molecule has 1 atom stereocenters. The van der Waals surface area contributed by atoms with Crippen molar-refractivity contribution in [2.24, 2.45) is 0 Å². The van der Waals surface area contributed by atoms with Crippen molar-refractivity contribution in [1.29, 1.82) is 0 Å². The number of nitrogens with zero attached hydrogens (tertiary/aromatic N) is 1. The van der Waals surface area contributed by atoms with E-state index in [4.69, 9.17) is 16.3 Å². The fraction of sp³-hybridized carbons (Fsp3) is 0.250. The highest BCUT2D eigenvalue weighted by molar-refractivity contribution is 6.27. The zero-order chi connectivity index (χ0) is 15.9. The molecular formula is C16H17ClN2O3. The Balaban J connectivity index is 2.25. The second-order valence-corrected chi connectivity index (χ2v) is 4.83. The lowest BCUT2D eigenvalue weighted by Crippen LogP contribution is -2.38. The zero-order valence-electron chi connectivity index (χ0n) is 12.2. The third-order valence-electron chi connectivity index (χ3n) is 3.10. The molecule has 1 aromatic carbocycles. The lowest BCUT2D eigenvalue weighted by Gasteiger charge is -2.32. The van der Waals surface area contributed by atoms with Gasteiger partial charge in [-0.3, -0.25) is 4.79 Å². The molecule has 0 saturated carbocycles. The third-order valence-corrected chi connectivity index (χ3v) is 3.35. The lowest BCUT2D eigenvalue weighted by atomic mass is 10.0. The van der Waals surface area contributed by atoms with Gasteiger partial charge in [-0.15, -0.1) is 11.6 Å². The molecule has 1 unspecified atom stereocenters. The van der Waals surface area contributed by atoms with Gasteiger partial charge < -0.3 is 15.0 Å². The molecule has 0 aliphatic carbocycles. The number of halogens is 1. The number of hydrogen-bond acceptors (Lipinski definition) is 4. The summed E-state index contributed by atoms with van der Waals surface area (Å²) >= 11 is 5.57. The van der Waals surface area contributed by atoms with Gasteiger partial charge in [-0.1, -0.05) is 24.3 Å². The van der Waals surface area contributed by atoms with Crippen molar-refractivity contribution in [2.75, 3.05) is 12.5 Å². The van der Waals surface area contributed by atoms with Crippen molar-refractivity contribution in [3.63, 3.8) is 0 Å². The Hall–Kier alpha value is -2.27. The SMILES string of the molecule is CCOC(=O)/C=C\N1C=Cc2ccccc2C1NC(=O)CCl. The van der Waals surface area contributed by atoms with E-state index in [2.05, 4.69) is 5.32 Å². The predicted octanol–water partition coefficient (Wildman–Crippen LogP) is 2.40. The Morgan fingerprint density at radius 3 is 2.91 bits per heavy atom. The number of ether oxygens (including phenoxy) is 1. The van der Waals surface area contributed by atoms with Crippen LogP contribution in [0.15, 0.2) is 42.7 Å². The first-order chi connectivity index (χ1) is 10.7. The van der Waals surface area contributed by atoms with Gasteiger partial charge in [0.25, 0.3) is 0 Å². The quantitative estimate of drug-likeness (QED) is 0.514. The first-order valence-corrected chi connectivity index (χ1v) is 7.44. The van der Waals surface area contributed by atoms with Crippen LogP contribution in [0.3, 0.4) is 0 Å². The number of carbonyl (C=O) groups is 2. The van der Waals surface area contributed by atoms with Gasteiger partial charge in [-0.2, -0.15) is 0 Å². The number of carbonyl (C=O) groups excluding carboxylic acids is 2. The molecule has 0 bridgehead atoms. The van der Waals surface area contributed by atoms with E-state index in [9.17, 15) is 9.59 Å². The highest BCUT2D eigenvalue weighted by Gasteiger charge is 2.23. The van der Waals surface area contributed by atoms with Crippen LogP contribution < -0.4 is 5.32 Å². The van der Waals surface area contributed by atoms with Crippen molar-refractivity contribution < 1.29 is 14.3 Å². The van der Waals surface area contributed by atoms with Crippen molar-refractivity contribution >= 4 is 29.6 Å². The van der Waals surface area contributed by atoms with Gasteiger partial charge >= 0.3 is 5.97 Å². The van der Waals surface area contributed by atoms with Crippen molar-refractivity contribution in [2.45, 2.75) is 13.1 Å². The molecule has 5 nitrogen and oxygen atoms in total. The minimum absolute atomic E-state index is 0.127. The van der Waals surface area contributed by atoms with E-state index in [0.29, 0.717) is 6.61 Å². The number of hydrogen-bond donors (Lipinski definition) is 1. The summed E-state index contributed by atoms with van der Waals surface area (Å²) in [5.74, 6) is -0.846.